The van der Waals surface area contributed by atoms with E-state index in [0.717, 1.165) is 30.7 Å². The quantitative estimate of drug-likeness (QED) is 0.863. The lowest BCUT2D eigenvalue weighted by Crippen LogP contribution is -2.27. The van der Waals surface area contributed by atoms with Gasteiger partial charge in [0.1, 0.15) is 0 Å². The molecular formula is C15H26BrN3. The van der Waals surface area contributed by atoms with Crippen molar-refractivity contribution in [2.24, 2.45) is 5.92 Å². The van der Waals surface area contributed by atoms with Crippen molar-refractivity contribution >= 4 is 15.9 Å². The van der Waals surface area contributed by atoms with Crippen LogP contribution in [-0.2, 0) is 13.0 Å². The molecule has 0 spiro atoms. The maximum absolute atomic E-state index is 4.59. The van der Waals surface area contributed by atoms with Crippen molar-refractivity contribution in [2.45, 2.75) is 65.5 Å². The highest BCUT2D eigenvalue weighted by atomic mass is 79.9. The van der Waals surface area contributed by atoms with Crippen LogP contribution in [0.4, 0.5) is 0 Å². The number of rotatable bonds is 6. The topological polar surface area (TPSA) is 29.9 Å². The second-order valence-corrected chi connectivity index (χ2v) is 6.49. The summed E-state index contributed by atoms with van der Waals surface area (Å²) in [6.07, 6.45) is 6.40. The molecule has 0 saturated heterocycles. The zero-order valence-electron chi connectivity index (χ0n) is 12.4. The zero-order valence-corrected chi connectivity index (χ0v) is 14.0. The number of aromatic nitrogens is 2. The maximum atomic E-state index is 4.59. The first-order valence-corrected chi connectivity index (χ1v) is 8.40. The summed E-state index contributed by atoms with van der Waals surface area (Å²) in [7, 11) is 0. The van der Waals surface area contributed by atoms with E-state index in [2.05, 4.69) is 51.8 Å². The van der Waals surface area contributed by atoms with Gasteiger partial charge < -0.3 is 5.32 Å². The van der Waals surface area contributed by atoms with Crippen LogP contribution in [0, 0.1) is 12.8 Å². The molecular weight excluding hydrogens is 302 g/mol. The van der Waals surface area contributed by atoms with E-state index < -0.39 is 0 Å². The normalized spacial score (nSPS) is 23.2. The van der Waals surface area contributed by atoms with Crippen molar-refractivity contribution in [3.8, 4) is 0 Å². The molecule has 4 heteroatoms. The Morgan fingerprint density at radius 3 is 2.84 bits per heavy atom. The van der Waals surface area contributed by atoms with Crippen molar-refractivity contribution in [3.63, 3.8) is 0 Å². The Kier molecular flexibility index (Phi) is 5.46. The average molecular weight is 328 g/mol. The molecule has 0 radical (unpaired) electrons. The summed E-state index contributed by atoms with van der Waals surface area (Å²) in [5.41, 5.74) is 2.51. The third-order valence-corrected chi connectivity index (χ3v) is 5.19. The van der Waals surface area contributed by atoms with E-state index in [9.17, 15) is 0 Å². The third-order valence-electron chi connectivity index (χ3n) is 4.16. The number of nitrogens with one attached hydrogen (secondary N) is 1. The van der Waals surface area contributed by atoms with E-state index in [4.69, 9.17) is 0 Å². The molecule has 1 heterocycles. The lowest BCUT2D eigenvalue weighted by molar-refractivity contribution is 0.469. The monoisotopic (exact) mass is 327 g/mol. The van der Waals surface area contributed by atoms with E-state index in [-0.39, 0.29) is 0 Å². The van der Waals surface area contributed by atoms with Crippen LogP contribution < -0.4 is 5.32 Å². The highest BCUT2D eigenvalue weighted by Gasteiger charge is 2.26. The number of hydrogen-bond acceptors (Lipinski definition) is 2. The molecule has 1 aliphatic rings. The number of nitrogens with zero attached hydrogens (tertiary/aromatic N) is 2. The van der Waals surface area contributed by atoms with Crippen LogP contribution in [0.15, 0.2) is 4.47 Å². The van der Waals surface area contributed by atoms with Crippen LogP contribution in [0.3, 0.4) is 0 Å². The smallest absolute Gasteiger partial charge is 0.0738 e. The first-order chi connectivity index (χ1) is 9.15. The molecule has 2 rings (SSSR count). The van der Waals surface area contributed by atoms with Crippen LogP contribution in [0.25, 0.3) is 0 Å². The Morgan fingerprint density at radius 2 is 2.16 bits per heavy atom. The van der Waals surface area contributed by atoms with E-state index >= 15 is 0 Å². The lowest BCUT2D eigenvalue weighted by atomic mass is 10.0. The summed E-state index contributed by atoms with van der Waals surface area (Å²) in [4.78, 5) is 0. The van der Waals surface area contributed by atoms with Crippen LogP contribution in [0.1, 0.15) is 50.9 Å². The fourth-order valence-corrected chi connectivity index (χ4v) is 3.58. The van der Waals surface area contributed by atoms with E-state index in [1.54, 1.807) is 0 Å². The number of halogens is 1. The Bertz CT molecular complexity index is 414. The van der Waals surface area contributed by atoms with Gasteiger partial charge in [-0.15, -0.1) is 0 Å². The van der Waals surface area contributed by atoms with Gasteiger partial charge in [-0.1, -0.05) is 6.92 Å². The van der Waals surface area contributed by atoms with Gasteiger partial charge in [-0.25, -0.2) is 0 Å². The highest BCUT2D eigenvalue weighted by Crippen LogP contribution is 2.32. The summed E-state index contributed by atoms with van der Waals surface area (Å²) in [5.74, 6) is 0.812. The Balaban J connectivity index is 1.95. The van der Waals surface area contributed by atoms with Crippen molar-refractivity contribution in [3.05, 3.63) is 15.9 Å². The molecule has 1 saturated carbocycles. The minimum absolute atomic E-state index is 0.739. The molecule has 19 heavy (non-hydrogen) atoms. The molecule has 2 unspecified atom stereocenters. The van der Waals surface area contributed by atoms with Crippen LogP contribution in [0.2, 0.25) is 0 Å². The molecule has 108 valence electrons. The lowest BCUT2D eigenvalue weighted by Gasteiger charge is -2.13. The zero-order chi connectivity index (χ0) is 13.8. The summed E-state index contributed by atoms with van der Waals surface area (Å²) < 4.78 is 3.38. The third kappa shape index (κ3) is 3.60. The minimum Gasteiger partial charge on any atom is -0.314 e. The summed E-state index contributed by atoms with van der Waals surface area (Å²) in [6, 6.07) is 0.739. The fourth-order valence-electron chi connectivity index (χ4n) is 3.13. The average Bonchev–Trinajstić information content (AvgIpc) is 2.96. The maximum Gasteiger partial charge on any atom is 0.0738 e. The molecule has 1 aromatic heterocycles. The first kappa shape index (κ1) is 15.0. The molecule has 0 aromatic carbocycles. The van der Waals surface area contributed by atoms with Crippen LogP contribution in [0.5, 0.6) is 0 Å². The fraction of sp³-hybridized carbons (Fsp3) is 0.800. The van der Waals surface area contributed by atoms with Gasteiger partial charge in [0.25, 0.3) is 0 Å². The molecule has 0 amide bonds. The first-order valence-electron chi connectivity index (χ1n) is 7.60. The largest absolute Gasteiger partial charge is 0.314 e. The molecule has 1 aliphatic carbocycles. The summed E-state index contributed by atoms with van der Waals surface area (Å²) >= 11 is 3.71. The van der Waals surface area contributed by atoms with Crippen molar-refractivity contribution in [1.29, 1.82) is 0 Å². The molecule has 1 fully saturated rings. The van der Waals surface area contributed by atoms with E-state index in [1.165, 1.54) is 42.3 Å². The predicted molar refractivity (Wildman–Crippen MR) is 83.5 cm³/mol. The van der Waals surface area contributed by atoms with E-state index in [0.29, 0.717) is 0 Å². The van der Waals surface area contributed by atoms with Gasteiger partial charge in [0.15, 0.2) is 0 Å². The van der Waals surface area contributed by atoms with Crippen molar-refractivity contribution < 1.29 is 0 Å². The Labute approximate surface area is 125 Å². The molecule has 0 bridgehead atoms. The standard InChI is InChI=1S/C15H26BrN3/c1-4-8-17-13-7-6-12(9-13)10-14-15(16)11(3)18-19(14)5-2/h12-13,17H,4-10H2,1-3H3. The SMILES string of the molecule is CCCNC1CCC(Cc2c(Br)c(C)nn2CC)C1. The van der Waals surface area contributed by atoms with Gasteiger partial charge >= 0.3 is 0 Å². The molecule has 2 atom stereocenters. The summed E-state index contributed by atoms with van der Waals surface area (Å²) in [6.45, 7) is 8.61. The second kappa shape index (κ2) is 6.89. The summed E-state index contributed by atoms with van der Waals surface area (Å²) in [5, 5.41) is 8.25. The van der Waals surface area contributed by atoms with Gasteiger partial charge in [0, 0.05) is 12.6 Å². The van der Waals surface area contributed by atoms with Gasteiger partial charge in [0.05, 0.1) is 15.9 Å². The Hall–Kier alpha value is -0.350. The number of aryl methyl sites for hydroxylation is 2. The van der Waals surface area contributed by atoms with E-state index in [1.807, 2.05) is 0 Å². The van der Waals surface area contributed by atoms with Crippen LogP contribution in [-0.4, -0.2) is 22.4 Å². The highest BCUT2D eigenvalue weighted by molar-refractivity contribution is 9.10. The predicted octanol–water partition coefficient (Wildman–Crippen LogP) is 3.68. The molecule has 3 nitrogen and oxygen atoms in total. The number of hydrogen-bond donors (Lipinski definition) is 1. The van der Waals surface area contributed by atoms with Crippen molar-refractivity contribution in [1.82, 2.24) is 15.1 Å². The van der Waals surface area contributed by atoms with Gasteiger partial charge in [0.2, 0.25) is 0 Å². The second-order valence-electron chi connectivity index (χ2n) is 5.70. The van der Waals surface area contributed by atoms with Gasteiger partial charge in [-0.2, -0.15) is 5.10 Å². The molecule has 1 N–H and O–H groups in total. The van der Waals surface area contributed by atoms with Crippen LogP contribution >= 0.6 is 15.9 Å². The van der Waals surface area contributed by atoms with Crippen molar-refractivity contribution in [2.75, 3.05) is 6.54 Å². The minimum atomic E-state index is 0.739. The van der Waals surface area contributed by atoms with Gasteiger partial charge in [-0.3, -0.25) is 4.68 Å². The molecule has 0 aliphatic heterocycles. The molecule has 1 aromatic rings. The Morgan fingerprint density at radius 1 is 1.37 bits per heavy atom. The van der Waals surface area contributed by atoms with Gasteiger partial charge in [-0.05, 0) is 74.3 Å².